The molecule has 0 heterocycles. The minimum Gasteiger partial charge on any atom is -0.462 e. The van der Waals surface area contributed by atoms with Gasteiger partial charge in [-0.3, -0.25) is 37.3 Å². The SMILES string of the molecule is CCCCCC/C=C\C=C/CCCCCCCC(=O)O[C@H](COC(=O)CCCCCCCCC(C)CC)COP(=O)(O)OC[C@H](O)COP(=O)(O)OC[C@@H](COC(=O)CCCCCCCCC(C)C)OC(=O)CCCCCCCCCCCCCCCCCCC(C)C. The van der Waals surface area contributed by atoms with Crippen molar-refractivity contribution in [3.05, 3.63) is 24.3 Å². The molecule has 0 rings (SSSR count). The fourth-order valence-electron chi connectivity index (χ4n) is 10.7. The quantitative estimate of drug-likeness (QED) is 0.0169. The van der Waals surface area contributed by atoms with Crippen molar-refractivity contribution in [1.82, 2.24) is 0 Å². The Kier molecular flexibility index (Phi) is 62.5. The molecule has 3 unspecified atom stereocenters. The first kappa shape index (κ1) is 90.5. The number of esters is 4. The summed E-state index contributed by atoms with van der Waals surface area (Å²) in [4.78, 5) is 72.6. The van der Waals surface area contributed by atoms with Crippen LogP contribution in [-0.2, 0) is 65.4 Å². The smallest absolute Gasteiger partial charge is 0.462 e. The molecule has 0 bridgehead atoms. The van der Waals surface area contributed by atoms with E-state index < -0.39 is 97.5 Å². The second-order valence-corrected chi connectivity index (χ2v) is 30.1. The van der Waals surface area contributed by atoms with Crippen LogP contribution in [0.2, 0.25) is 0 Å². The van der Waals surface area contributed by atoms with E-state index in [-0.39, 0.29) is 25.7 Å². The van der Waals surface area contributed by atoms with Gasteiger partial charge in [0.15, 0.2) is 12.2 Å². The van der Waals surface area contributed by atoms with Crippen molar-refractivity contribution < 1.29 is 80.2 Å². The fraction of sp³-hybridized carbons (Fsp3) is 0.892. The molecule has 0 aromatic rings. The predicted molar refractivity (Wildman–Crippen MR) is 377 cm³/mol. The maximum atomic E-state index is 13.0. The number of allylic oxidation sites excluding steroid dienone is 4. The molecule has 0 aliphatic heterocycles. The zero-order chi connectivity index (χ0) is 68.7. The Balaban J connectivity index is 5.23. The average Bonchev–Trinajstić information content (AvgIpc) is 3.30. The van der Waals surface area contributed by atoms with Crippen molar-refractivity contribution in [1.29, 1.82) is 0 Å². The lowest BCUT2D eigenvalue weighted by Gasteiger charge is -2.21. The largest absolute Gasteiger partial charge is 0.472 e. The first-order chi connectivity index (χ1) is 44.8. The van der Waals surface area contributed by atoms with Crippen molar-refractivity contribution in [2.24, 2.45) is 17.8 Å². The third-order valence-electron chi connectivity index (χ3n) is 16.9. The van der Waals surface area contributed by atoms with Crippen LogP contribution in [0.4, 0.5) is 0 Å². The van der Waals surface area contributed by atoms with Gasteiger partial charge in [-0.25, -0.2) is 9.13 Å². The molecule has 93 heavy (non-hydrogen) atoms. The zero-order valence-electron chi connectivity index (χ0n) is 60.2. The number of aliphatic hydroxyl groups excluding tert-OH is 1. The second-order valence-electron chi connectivity index (χ2n) is 27.2. The summed E-state index contributed by atoms with van der Waals surface area (Å²) in [7, 11) is -9.92. The fourth-order valence-corrected chi connectivity index (χ4v) is 12.3. The molecule has 17 nitrogen and oxygen atoms in total. The van der Waals surface area contributed by atoms with Crippen molar-refractivity contribution in [3.8, 4) is 0 Å². The van der Waals surface area contributed by atoms with Crippen LogP contribution >= 0.6 is 15.6 Å². The molecule has 0 spiro atoms. The molecule has 0 aromatic heterocycles. The van der Waals surface area contributed by atoms with Crippen molar-refractivity contribution >= 4 is 39.5 Å². The topological polar surface area (TPSA) is 237 Å². The molecule has 3 N–H and O–H groups in total. The Morgan fingerprint density at radius 1 is 0.355 bits per heavy atom. The van der Waals surface area contributed by atoms with Crippen LogP contribution in [0.1, 0.15) is 350 Å². The van der Waals surface area contributed by atoms with Crippen molar-refractivity contribution in [2.75, 3.05) is 39.6 Å². The number of phosphoric ester groups is 2. The summed E-state index contributed by atoms with van der Waals surface area (Å²) < 4.78 is 68.3. The lowest BCUT2D eigenvalue weighted by molar-refractivity contribution is -0.161. The molecule has 548 valence electrons. The van der Waals surface area contributed by atoms with E-state index in [4.69, 9.17) is 37.0 Å². The Hall–Kier alpha value is -2.46. The van der Waals surface area contributed by atoms with Gasteiger partial charge in [0.05, 0.1) is 26.4 Å². The summed E-state index contributed by atoms with van der Waals surface area (Å²) in [5.41, 5.74) is 0. The first-order valence-electron chi connectivity index (χ1n) is 37.7. The van der Waals surface area contributed by atoms with Gasteiger partial charge in [0.25, 0.3) is 0 Å². The van der Waals surface area contributed by atoms with Gasteiger partial charge in [-0.05, 0) is 69.1 Å². The van der Waals surface area contributed by atoms with Crippen LogP contribution in [0, 0.1) is 17.8 Å². The number of aliphatic hydroxyl groups is 1. The highest BCUT2D eigenvalue weighted by Crippen LogP contribution is 2.45. The van der Waals surface area contributed by atoms with E-state index in [0.717, 1.165) is 127 Å². The monoisotopic (exact) mass is 1360 g/mol. The Labute approximate surface area is 567 Å². The van der Waals surface area contributed by atoms with E-state index in [1.165, 1.54) is 135 Å². The molecule has 0 radical (unpaired) electrons. The Morgan fingerprint density at radius 3 is 0.957 bits per heavy atom. The number of hydrogen-bond acceptors (Lipinski definition) is 15. The lowest BCUT2D eigenvalue weighted by atomic mass is 10.00. The number of unbranched alkanes of at least 4 members (excludes halogenated alkanes) is 34. The number of ether oxygens (including phenoxy) is 4. The molecular formula is C74H140O17P2. The standard InChI is InChI=1S/C74H140O17P2/c1-8-10-11-12-13-14-15-16-19-23-26-29-32-43-50-57-74(79)91-70(62-85-72(77)56-49-42-37-35-40-47-54-67(7)9-2)64-89-93(82,83)87-60-68(75)59-86-92(80,81)88-63-69(61-84-71(76)55-48-41-36-34-39-46-53-66(5)6)90-73(78)58-51-44-33-30-27-24-21-18-17-20-22-25-28-31-38-45-52-65(3)4/h14-16,19,65-70,75H,8-13,17-18,20-64H2,1-7H3,(H,80,81)(H,82,83)/b15-14-,19-16-/t67?,68-,69-,70-/m1/s1. The van der Waals surface area contributed by atoms with Crippen molar-refractivity contribution in [3.63, 3.8) is 0 Å². The van der Waals surface area contributed by atoms with Gasteiger partial charge in [-0.2, -0.15) is 0 Å². The third kappa shape index (κ3) is 66.6. The summed E-state index contributed by atoms with van der Waals surface area (Å²) in [6.07, 6.45) is 52.4. The molecule has 0 amide bonds. The highest BCUT2D eigenvalue weighted by molar-refractivity contribution is 7.47. The van der Waals surface area contributed by atoms with Crippen molar-refractivity contribution in [2.45, 2.75) is 369 Å². The third-order valence-corrected chi connectivity index (χ3v) is 18.8. The van der Waals surface area contributed by atoms with Crippen LogP contribution in [0.3, 0.4) is 0 Å². The highest BCUT2D eigenvalue weighted by atomic mass is 31.2. The molecule has 0 aliphatic carbocycles. The van der Waals surface area contributed by atoms with Gasteiger partial charge in [-0.15, -0.1) is 0 Å². The van der Waals surface area contributed by atoms with E-state index in [9.17, 15) is 43.2 Å². The first-order valence-corrected chi connectivity index (χ1v) is 40.7. The average molecular weight is 1360 g/mol. The van der Waals surface area contributed by atoms with Gasteiger partial charge in [0.1, 0.15) is 19.3 Å². The van der Waals surface area contributed by atoms with E-state index in [1.54, 1.807) is 0 Å². The molecule has 0 aromatic carbocycles. The van der Waals surface area contributed by atoms with Crippen LogP contribution in [0.25, 0.3) is 0 Å². The molecule has 19 heteroatoms. The van der Waals surface area contributed by atoms with E-state index in [1.807, 2.05) is 0 Å². The molecule has 6 atom stereocenters. The maximum absolute atomic E-state index is 13.0. The minimum absolute atomic E-state index is 0.0837. The van der Waals surface area contributed by atoms with Gasteiger partial charge in [0, 0.05) is 25.7 Å². The molecule has 0 fully saturated rings. The number of rotatable bonds is 70. The number of hydrogen-bond donors (Lipinski definition) is 3. The van der Waals surface area contributed by atoms with Crippen LogP contribution < -0.4 is 0 Å². The van der Waals surface area contributed by atoms with Gasteiger partial charge in [-0.1, -0.05) is 297 Å². The van der Waals surface area contributed by atoms with Gasteiger partial charge in [0.2, 0.25) is 0 Å². The Bertz CT molecular complexity index is 1910. The van der Waals surface area contributed by atoms with Crippen LogP contribution in [0.15, 0.2) is 24.3 Å². The van der Waals surface area contributed by atoms with Crippen LogP contribution in [-0.4, -0.2) is 96.7 Å². The Morgan fingerprint density at radius 2 is 0.634 bits per heavy atom. The number of carbonyl (C=O) groups excluding carboxylic acids is 4. The number of phosphoric acid groups is 2. The summed E-state index contributed by atoms with van der Waals surface area (Å²) in [5, 5.41) is 10.6. The molecule has 0 saturated carbocycles. The summed E-state index contributed by atoms with van der Waals surface area (Å²) in [6.45, 7) is 11.7. The number of carbonyl (C=O) groups is 4. The minimum atomic E-state index is -4.96. The molecule has 0 aliphatic rings. The lowest BCUT2D eigenvalue weighted by Crippen LogP contribution is -2.30. The van der Waals surface area contributed by atoms with Gasteiger partial charge < -0.3 is 33.8 Å². The predicted octanol–water partition coefficient (Wildman–Crippen LogP) is 21.0. The molecule has 0 saturated heterocycles. The van der Waals surface area contributed by atoms with Crippen LogP contribution in [0.5, 0.6) is 0 Å². The normalized spacial score (nSPS) is 14.6. The zero-order valence-corrected chi connectivity index (χ0v) is 62.0. The highest BCUT2D eigenvalue weighted by Gasteiger charge is 2.30. The summed E-state index contributed by atoms with van der Waals surface area (Å²) in [5.74, 6) is 0.0575. The molecular weight excluding hydrogens is 1220 g/mol. The van der Waals surface area contributed by atoms with E-state index in [0.29, 0.717) is 31.6 Å². The summed E-state index contributed by atoms with van der Waals surface area (Å²) in [6, 6.07) is 0. The van der Waals surface area contributed by atoms with E-state index in [2.05, 4.69) is 72.8 Å². The summed E-state index contributed by atoms with van der Waals surface area (Å²) >= 11 is 0. The van der Waals surface area contributed by atoms with Gasteiger partial charge >= 0.3 is 39.5 Å². The maximum Gasteiger partial charge on any atom is 0.472 e. The second kappa shape index (κ2) is 64.2. The van der Waals surface area contributed by atoms with E-state index >= 15 is 0 Å².